The Hall–Kier alpha value is -1.17. The van der Waals surface area contributed by atoms with Gasteiger partial charge in [-0.25, -0.2) is 4.98 Å². The van der Waals surface area contributed by atoms with Gasteiger partial charge in [-0.2, -0.15) is 4.37 Å². The molecule has 1 N–H and O–H groups in total. The molecule has 1 aromatic heterocycles. The molecular formula is C12H16N4OS. The number of nitrogens with one attached hydrogen (secondary N) is 1. The fourth-order valence-corrected chi connectivity index (χ4v) is 3.27. The van der Waals surface area contributed by atoms with Gasteiger partial charge in [0.25, 0.3) is 0 Å². The molecule has 1 unspecified atom stereocenters. The molecule has 18 heavy (non-hydrogen) atoms. The Kier molecular flexibility index (Phi) is 2.33. The number of hydrogen-bond donors (Lipinski definition) is 1. The number of rotatable bonds is 4. The number of amides is 1. The molecule has 3 fully saturated rings. The smallest absolute Gasteiger partial charge is 0.225 e. The monoisotopic (exact) mass is 264 g/mol. The number of nitrogens with zero attached hydrogens (tertiary/aromatic N) is 3. The molecule has 5 nitrogen and oxygen atoms in total. The lowest BCUT2D eigenvalue weighted by Crippen LogP contribution is -2.29. The summed E-state index contributed by atoms with van der Waals surface area (Å²) < 4.78 is 4.38. The van der Waals surface area contributed by atoms with Crippen molar-refractivity contribution in [3.05, 3.63) is 5.82 Å². The van der Waals surface area contributed by atoms with Gasteiger partial charge in [-0.05, 0) is 25.7 Å². The molecule has 0 spiro atoms. The molecule has 0 radical (unpaired) electrons. The molecule has 3 aliphatic rings. The first-order chi connectivity index (χ1) is 8.79. The summed E-state index contributed by atoms with van der Waals surface area (Å²) in [7, 11) is 0. The average Bonchev–Trinajstić information content (AvgIpc) is 3.27. The average molecular weight is 264 g/mol. The van der Waals surface area contributed by atoms with E-state index >= 15 is 0 Å². The fraction of sp³-hybridized carbons (Fsp3) is 0.750. The summed E-state index contributed by atoms with van der Waals surface area (Å²) in [4.78, 5) is 18.4. The maximum Gasteiger partial charge on any atom is 0.225 e. The Labute approximate surface area is 110 Å². The van der Waals surface area contributed by atoms with E-state index in [-0.39, 0.29) is 6.04 Å². The van der Waals surface area contributed by atoms with Gasteiger partial charge in [-0.15, -0.1) is 0 Å². The molecule has 1 aliphatic heterocycles. The van der Waals surface area contributed by atoms with Crippen molar-refractivity contribution >= 4 is 22.6 Å². The van der Waals surface area contributed by atoms with Crippen molar-refractivity contribution in [3.8, 4) is 0 Å². The van der Waals surface area contributed by atoms with E-state index < -0.39 is 0 Å². The largest absolute Gasteiger partial charge is 0.355 e. The minimum Gasteiger partial charge on any atom is -0.355 e. The maximum absolute atomic E-state index is 11.8. The van der Waals surface area contributed by atoms with Crippen molar-refractivity contribution in [2.75, 3.05) is 11.9 Å². The van der Waals surface area contributed by atoms with Crippen LogP contribution in [0.3, 0.4) is 0 Å². The summed E-state index contributed by atoms with van der Waals surface area (Å²) in [6, 6.07) is 0.749. The summed E-state index contributed by atoms with van der Waals surface area (Å²) in [5.74, 6) is 1.89. The summed E-state index contributed by atoms with van der Waals surface area (Å²) >= 11 is 1.43. The molecule has 0 bridgehead atoms. The third-order valence-corrected chi connectivity index (χ3v) is 4.52. The minimum atomic E-state index is 0.220. The van der Waals surface area contributed by atoms with E-state index in [4.69, 9.17) is 0 Å². The van der Waals surface area contributed by atoms with E-state index in [1.807, 2.05) is 4.90 Å². The molecule has 4 rings (SSSR count). The molecule has 2 aliphatic carbocycles. The quantitative estimate of drug-likeness (QED) is 0.897. The Morgan fingerprint density at radius 3 is 2.83 bits per heavy atom. The van der Waals surface area contributed by atoms with Crippen LogP contribution in [0.5, 0.6) is 0 Å². The van der Waals surface area contributed by atoms with Gasteiger partial charge in [-0.3, -0.25) is 4.79 Å². The van der Waals surface area contributed by atoms with E-state index in [0.29, 0.717) is 24.3 Å². The van der Waals surface area contributed by atoms with Crippen molar-refractivity contribution in [1.29, 1.82) is 0 Å². The molecule has 1 amide bonds. The van der Waals surface area contributed by atoms with Crippen LogP contribution in [0.15, 0.2) is 0 Å². The van der Waals surface area contributed by atoms with Crippen molar-refractivity contribution in [3.63, 3.8) is 0 Å². The molecule has 6 heteroatoms. The first-order valence-corrected chi connectivity index (χ1v) is 7.46. The zero-order valence-electron chi connectivity index (χ0n) is 10.1. The van der Waals surface area contributed by atoms with Crippen LogP contribution in [0.25, 0.3) is 0 Å². The zero-order valence-corrected chi connectivity index (χ0v) is 10.9. The van der Waals surface area contributed by atoms with Gasteiger partial charge in [0.05, 0.1) is 6.04 Å². The van der Waals surface area contributed by atoms with Crippen molar-refractivity contribution in [2.45, 2.75) is 50.1 Å². The molecule has 1 atom stereocenters. The zero-order chi connectivity index (χ0) is 12.1. The Morgan fingerprint density at radius 1 is 1.28 bits per heavy atom. The van der Waals surface area contributed by atoms with Crippen LogP contribution in [0.1, 0.15) is 43.8 Å². The first-order valence-electron chi connectivity index (χ1n) is 6.69. The summed E-state index contributed by atoms with van der Waals surface area (Å²) in [6.07, 6.45) is 5.43. The van der Waals surface area contributed by atoms with E-state index in [1.165, 1.54) is 37.2 Å². The van der Waals surface area contributed by atoms with E-state index in [9.17, 15) is 4.79 Å². The van der Waals surface area contributed by atoms with Crippen molar-refractivity contribution in [1.82, 2.24) is 14.3 Å². The third kappa shape index (κ3) is 1.98. The molecule has 2 heterocycles. The molecule has 96 valence electrons. The van der Waals surface area contributed by atoms with Gasteiger partial charge < -0.3 is 10.2 Å². The Bertz CT molecular complexity index is 480. The SMILES string of the molecule is O=C1CC(Nc2nc(C3CC3)ns2)CN1C1CC1. The second-order valence-corrected chi connectivity index (χ2v) is 6.31. The fourth-order valence-electron chi connectivity index (χ4n) is 2.54. The van der Waals surface area contributed by atoms with E-state index in [2.05, 4.69) is 14.7 Å². The predicted molar refractivity (Wildman–Crippen MR) is 68.6 cm³/mol. The highest BCUT2D eigenvalue weighted by atomic mass is 32.1. The molecule has 1 aromatic rings. The van der Waals surface area contributed by atoms with Gasteiger partial charge >= 0.3 is 0 Å². The summed E-state index contributed by atoms with van der Waals surface area (Å²) in [6.45, 7) is 0.835. The lowest BCUT2D eigenvalue weighted by molar-refractivity contribution is -0.128. The number of carbonyl (C=O) groups is 1. The van der Waals surface area contributed by atoms with Crippen LogP contribution in [-0.4, -0.2) is 38.8 Å². The lowest BCUT2D eigenvalue weighted by atomic mass is 10.3. The normalized spacial score (nSPS) is 27.9. The number of carbonyl (C=O) groups excluding carboxylic acids is 1. The second kappa shape index (κ2) is 3.91. The Balaban J connectivity index is 1.40. The van der Waals surface area contributed by atoms with E-state index in [1.54, 1.807) is 0 Å². The summed E-state index contributed by atoms with van der Waals surface area (Å²) in [5, 5.41) is 4.25. The first kappa shape index (κ1) is 10.7. The van der Waals surface area contributed by atoms with Gasteiger partial charge in [0, 0.05) is 36.5 Å². The highest BCUT2D eigenvalue weighted by Gasteiger charge is 2.39. The van der Waals surface area contributed by atoms with Gasteiger partial charge in [0.1, 0.15) is 5.82 Å². The third-order valence-electron chi connectivity index (χ3n) is 3.86. The van der Waals surface area contributed by atoms with Crippen LogP contribution in [0.2, 0.25) is 0 Å². The number of anilines is 1. The standard InChI is InChI=1S/C12H16N4OS/c17-10-5-8(6-16(10)9-3-4-9)13-12-14-11(15-18-12)7-1-2-7/h7-9H,1-6H2,(H,13,14,15). The highest BCUT2D eigenvalue weighted by Crippen LogP contribution is 2.39. The predicted octanol–water partition coefficient (Wildman–Crippen LogP) is 1.59. The number of aromatic nitrogens is 2. The number of likely N-dealkylation sites (tertiary alicyclic amines) is 1. The Morgan fingerprint density at radius 2 is 2.11 bits per heavy atom. The maximum atomic E-state index is 11.8. The number of hydrogen-bond acceptors (Lipinski definition) is 5. The topological polar surface area (TPSA) is 58.1 Å². The second-order valence-electron chi connectivity index (χ2n) is 5.55. The van der Waals surface area contributed by atoms with Crippen molar-refractivity contribution < 1.29 is 4.79 Å². The van der Waals surface area contributed by atoms with Crippen molar-refractivity contribution in [2.24, 2.45) is 0 Å². The molecule has 1 saturated heterocycles. The van der Waals surface area contributed by atoms with Crippen LogP contribution >= 0.6 is 11.5 Å². The molecular weight excluding hydrogens is 248 g/mol. The van der Waals surface area contributed by atoms with Gasteiger partial charge in [0.15, 0.2) is 0 Å². The molecule has 2 saturated carbocycles. The van der Waals surface area contributed by atoms with Crippen LogP contribution < -0.4 is 5.32 Å². The molecule has 0 aromatic carbocycles. The lowest BCUT2D eigenvalue weighted by Gasteiger charge is -2.15. The van der Waals surface area contributed by atoms with Crippen LogP contribution in [0.4, 0.5) is 5.13 Å². The van der Waals surface area contributed by atoms with Gasteiger partial charge in [0.2, 0.25) is 11.0 Å². The van der Waals surface area contributed by atoms with E-state index in [0.717, 1.165) is 17.5 Å². The van der Waals surface area contributed by atoms with Crippen LogP contribution in [0, 0.1) is 0 Å². The van der Waals surface area contributed by atoms with Gasteiger partial charge in [-0.1, -0.05) is 0 Å². The minimum absolute atomic E-state index is 0.220. The summed E-state index contributed by atoms with van der Waals surface area (Å²) in [5.41, 5.74) is 0. The highest BCUT2D eigenvalue weighted by molar-refractivity contribution is 7.09. The van der Waals surface area contributed by atoms with Crippen LogP contribution in [-0.2, 0) is 4.79 Å².